The molecule has 1 aromatic carbocycles. The molecule has 4 nitrogen and oxygen atoms in total. The summed E-state index contributed by atoms with van der Waals surface area (Å²) in [5, 5.41) is 21.5. The Morgan fingerprint density at radius 1 is 1.35 bits per heavy atom. The molecule has 108 valence electrons. The first kappa shape index (κ1) is 14.8. The van der Waals surface area contributed by atoms with E-state index < -0.39 is 0 Å². The summed E-state index contributed by atoms with van der Waals surface area (Å²) in [7, 11) is 0. The highest BCUT2D eigenvalue weighted by Gasteiger charge is 2.23. The van der Waals surface area contributed by atoms with Crippen LogP contribution in [0.15, 0.2) is 24.3 Å². The Bertz CT molecular complexity index is 456. The van der Waals surface area contributed by atoms with E-state index in [2.05, 4.69) is 5.32 Å². The van der Waals surface area contributed by atoms with E-state index in [1.807, 2.05) is 30.3 Å². The molecular weight excluding hydrogens is 252 g/mol. The third kappa shape index (κ3) is 4.22. The number of hydrogen-bond acceptors (Lipinski definition) is 4. The van der Waals surface area contributed by atoms with Gasteiger partial charge in [0.2, 0.25) is 0 Å². The van der Waals surface area contributed by atoms with Crippen molar-refractivity contribution in [1.29, 1.82) is 5.26 Å². The predicted octanol–water partition coefficient (Wildman–Crippen LogP) is 2.23. The number of hydrogen-bond donors (Lipinski definition) is 2. The molecule has 0 saturated heterocycles. The molecule has 2 atom stereocenters. The molecule has 0 amide bonds. The van der Waals surface area contributed by atoms with Gasteiger partial charge in [0.15, 0.2) is 6.61 Å². The van der Waals surface area contributed by atoms with Gasteiger partial charge in [-0.25, -0.2) is 0 Å². The average molecular weight is 274 g/mol. The lowest BCUT2D eigenvalue weighted by Gasteiger charge is -2.31. The maximum atomic E-state index is 9.41. The van der Waals surface area contributed by atoms with Crippen molar-refractivity contribution >= 4 is 0 Å². The second-order valence-corrected chi connectivity index (χ2v) is 5.31. The van der Waals surface area contributed by atoms with Crippen LogP contribution >= 0.6 is 0 Å². The van der Waals surface area contributed by atoms with Gasteiger partial charge in [-0.3, -0.25) is 0 Å². The summed E-state index contributed by atoms with van der Waals surface area (Å²) in [5.74, 6) is 1.11. The maximum Gasteiger partial charge on any atom is 0.174 e. The molecule has 1 aromatic rings. The van der Waals surface area contributed by atoms with Gasteiger partial charge >= 0.3 is 0 Å². The minimum absolute atomic E-state index is 0.0755. The summed E-state index contributed by atoms with van der Waals surface area (Å²) in [5.41, 5.74) is 1.14. The minimum atomic E-state index is 0.0755. The van der Waals surface area contributed by atoms with Crippen LogP contribution in [-0.4, -0.2) is 24.4 Å². The van der Waals surface area contributed by atoms with Crippen LogP contribution in [0.25, 0.3) is 0 Å². The van der Waals surface area contributed by atoms with Crippen molar-refractivity contribution in [3.05, 3.63) is 29.8 Å². The van der Waals surface area contributed by atoms with E-state index in [-0.39, 0.29) is 13.2 Å². The van der Waals surface area contributed by atoms with Crippen molar-refractivity contribution in [2.24, 2.45) is 5.92 Å². The van der Waals surface area contributed by atoms with E-state index in [1.54, 1.807) is 0 Å². The number of nitrogens with zero attached hydrogens (tertiary/aromatic N) is 1. The van der Waals surface area contributed by atoms with Crippen LogP contribution in [0.4, 0.5) is 0 Å². The Morgan fingerprint density at radius 3 is 3.00 bits per heavy atom. The van der Waals surface area contributed by atoms with Gasteiger partial charge in [-0.15, -0.1) is 0 Å². The molecule has 2 rings (SSSR count). The van der Waals surface area contributed by atoms with Crippen LogP contribution in [0.2, 0.25) is 0 Å². The molecule has 0 spiro atoms. The van der Waals surface area contributed by atoms with Gasteiger partial charge in [0.1, 0.15) is 11.8 Å². The largest absolute Gasteiger partial charge is 0.479 e. The first-order valence-electron chi connectivity index (χ1n) is 7.26. The molecule has 1 aliphatic carbocycles. The summed E-state index contributed by atoms with van der Waals surface area (Å²) < 4.78 is 5.30. The molecule has 1 aliphatic rings. The standard InChI is InChI=1S/C16H22N2O2/c17-8-9-20-15-6-3-4-13(10-15)11-18-16-7-2-1-5-14(16)12-19/h3-4,6,10,14,16,18-19H,1-2,5,7,9,11-12H2. The molecule has 0 heterocycles. The number of benzene rings is 1. The third-order valence-electron chi connectivity index (χ3n) is 3.91. The van der Waals surface area contributed by atoms with Crippen molar-refractivity contribution in [2.75, 3.05) is 13.2 Å². The highest BCUT2D eigenvalue weighted by molar-refractivity contribution is 5.28. The summed E-state index contributed by atoms with van der Waals surface area (Å²) >= 11 is 0. The molecule has 1 saturated carbocycles. The Kier molecular flexibility index (Phi) is 5.85. The lowest BCUT2D eigenvalue weighted by molar-refractivity contribution is 0.152. The lowest BCUT2D eigenvalue weighted by atomic mass is 9.85. The molecular formula is C16H22N2O2. The zero-order valence-electron chi connectivity index (χ0n) is 11.7. The zero-order valence-corrected chi connectivity index (χ0v) is 11.7. The number of nitriles is 1. The Labute approximate surface area is 120 Å². The summed E-state index contributed by atoms with van der Waals surface area (Å²) in [6, 6.07) is 10.2. The molecule has 2 N–H and O–H groups in total. The molecule has 0 bridgehead atoms. The molecule has 0 aromatic heterocycles. The van der Waals surface area contributed by atoms with Crippen LogP contribution < -0.4 is 10.1 Å². The van der Waals surface area contributed by atoms with E-state index in [4.69, 9.17) is 10.00 Å². The molecule has 1 fully saturated rings. The Morgan fingerprint density at radius 2 is 2.20 bits per heavy atom. The number of aliphatic hydroxyl groups excluding tert-OH is 1. The van der Waals surface area contributed by atoms with E-state index in [0.29, 0.717) is 12.0 Å². The normalized spacial score (nSPS) is 22.2. The van der Waals surface area contributed by atoms with Crippen molar-refractivity contribution < 1.29 is 9.84 Å². The highest BCUT2D eigenvalue weighted by atomic mass is 16.5. The first-order chi connectivity index (χ1) is 9.83. The van der Waals surface area contributed by atoms with Crippen LogP contribution in [-0.2, 0) is 6.54 Å². The van der Waals surface area contributed by atoms with E-state index in [9.17, 15) is 5.11 Å². The van der Waals surface area contributed by atoms with Gasteiger partial charge in [-0.05, 0) is 36.5 Å². The predicted molar refractivity (Wildman–Crippen MR) is 77.2 cm³/mol. The fourth-order valence-electron chi connectivity index (χ4n) is 2.80. The van der Waals surface area contributed by atoms with Crippen molar-refractivity contribution in [3.8, 4) is 11.8 Å². The second kappa shape index (κ2) is 7.88. The van der Waals surface area contributed by atoms with Crippen LogP contribution in [0, 0.1) is 17.2 Å². The topological polar surface area (TPSA) is 65.3 Å². The fourth-order valence-corrected chi connectivity index (χ4v) is 2.80. The van der Waals surface area contributed by atoms with Crippen molar-refractivity contribution in [3.63, 3.8) is 0 Å². The summed E-state index contributed by atoms with van der Waals surface area (Å²) in [6.07, 6.45) is 4.70. The number of ether oxygens (including phenoxy) is 1. The molecule has 20 heavy (non-hydrogen) atoms. The smallest absolute Gasteiger partial charge is 0.174 e. The van der Waals surface area contributed by atoms with Crippen molar-refractivity contribution in [1.82, 2.24) is 5.32 Å². The lowest BCUT2D eigenvalue weighted by Crippen LogP contribution is -2.39. The van der Waals surface area contributed by atoms with E-state index >= 15 is 0 Å². The van der Waals surface area contributed by atoms with Gasteiger partial charge in [0.05, 0.1) is 0 Å². The summed E-state index contributed by atoms with van der Waals surface area (Å²) in [6.45, 7) is 1.11. The molecule has 4 heteroatoms. The molecule has 0 aliphatic heterocycles. The van der Waals surface area contributed by atoms with Gasteiger partial charge in [-0.1, -0.05) is 25.0 Å². The molecule has 0 radical (unpaired) electrons. The van der Waals surface area contributed by atoms with Gasteiger partial charge < -0.3 is 15.2 Å². The quantitative estimate of drug-likeness (QED) is 0.835. The zero-order chi connectivity index (χ0) is 14.2. The van der Waals surface area contributed by atoms with E-state index in [0.717, 1.165) is 30.7 Å². The monoisotopic (exact) mass is 274 g/mol. The van der Waals surface area contributed by atoms with Crippen LogP contribution in [0.3, 0.4) is 0 Å². The first-order valence-corrected chi connectivity index (χ1v) is 7.26. The van der Waals surface area contributed by atoms with Gasteiger partial charge in [0, 0.05) is 19.2 Å². The van der Waals surface area contributed by atoms with Gasteiger partial charge in [0.25, 0.3) is 0 Å². The fraction of sp³-hybridized carbons (Fsp3) is 0.562. The second-order valence-electron chi connectivity index (χ2n) is 5.31. The van der Waals surface area contributed by atoms with Crippen LogP contribution in [0.1, 0.15) is 31.2 Å². The third-order valence-corrected chi connectivity index (χ3v) is 3.91. The number of aliphatic hydroxyl groups is 1. The van der Waals surface area contributed by atoms with Gasteiger partial charge in [-0.2, -0.15) is 5.26 Å². The molecule has 2 unspecified atom stereocenters. The number of rotatable bonds is 6. The summed E-state index contributed by atoms with van der Waals surface area (Å²) in [4.78, 5) is 0. The highest BCUT2D eigenvalue weighted by Crippen LogP contribution is 2.24. The van der Waals surface area contributed by atoms with E-state index in [1.165, 1.54) is 12.8 Å². The Balaban J connectivity index is 1.88. The Hall–Kier alpha value is -1.57. The average Bonchev–Trinajstić information content (AvgIpc) is 2.51. The maximum absolute atomic E-state index is 9.41. The minimum Gasteiger partial charge on any atom is -0.479 e. The SMILES string of the molecule is N#CCOc1cccc(CNC2CCCCC2CO)c1. The van der Waals surface area contributed by atoms with Crippen LogP contribution in [0.5, 0.6) is 5.75 Å². The van der Waals surface area contributed by atoms with Crippen molar-refractivity contribution in [2.45, 2.75) is 38.3 Å². The number of nitrogens with one attached hydrogen (secondary N) is 1.